The summed E-state index contributed by atoms with van der Waals surface area (Å²) in [5, 5.41) is 30.4. The standard InChI is InChI=1S/C19H33O5P/c1-2-3-6-9-15(20)11-12-17-16(18(21)14-19(17)22)10-7-4-5-8-13-25(23)24/h4,7,11-12,15-22H,2-3,5-6,8-10,13-14H2,1H3/p+1/t15?,16-,17-,18+,19-/m1/s1. The minimum Gasteiger partial charge on any atom is -0.393 e. The Bertz CT molecular complexity index is 438. The second kappa shape index (κ2) is 12.7. The predicted molar refractivity (Wildman–Crippen MR) is 101 cm³/mol. The van der Waals surface area contributed by atoms with Crippen LogP contribution >= 0.6 is 8.03 Å². The van der Waals surface area contributed by atoms with Gasteiger partial charge in [-0.15, -0.1) is 0 Å². The van der Waals surface area contributed by atoms with Gasteiger partial charge in [0.15, 0.2) is 6.16 Å². The quantitative estimate of drug-likeness (QED) is 0.239. The van der Waals surface area contributed by atoms with Crippen molar-refractivity contribution in [1.82, 2.24) is 0 Å². The van der Waals surface area contributed by atoms with Crippen LogP contribution < -0.4 is 0 Å². The Morgan fingerprint density at radius 3 is 2.60 bits per heavy atom. The monoisotopic (exact) mass is 373 g/mol. The van der Waals surface area contributed by atoms with Gasteiger partial charge in [-0.3, -0.25) is 0 Å². The molecule has 6 atom stereocenters. The molecular weight excluding hydrogens is 339 g/mol. The average Bonchev–Trinajstić information content (AvgIpc) is 2.82. The summed E-state index contributed by atoms with van der Waals surface area (Å²) in [6.07, 6.45) is 12.7. The topological polar surface area (TPSA) is 98.0 Å². The lowest BCUT2D eigenvalue weighted by Crippen LogP contribution is -2.20. The van der Waals surface area contributed by atoms with Gasteiger partial charge in [0.2, 0.25) is 0 Å². The maximum Gasteiger partial charge on any atom is 0.505 e. The Hall–Kier alpha value is -0.580. The second-order valence-electron chi connectivity index (χ2n) is 6.98. The van der Waals surface area contributed by atoms with Gasteiger partial charge in [0.25, 0.3) is 0 Å². The van der Waals surface area contributed by atoms with E-state index in [1.807, 2.05) is 18.2 Å². The van der Waals surface area contributed by atoms with Crippen molar-refractivity contribution in [2.45, 2.75) is 76.6 Å². The third-order valence-corrected chi connectivity index (χ3v) is 5.57. The first-order chi connectivity index (χ1) is 12.0. The Balaban J connectivity index is 2.46. The molecule has 1 aliphatic rings. The van der Waals surface area contributed by atoms with Crippen LogP contribution in [0.5, 0.6) is 0 Å². The van der Waals surface area contributed by atoms with Crippen molar-refractivity contribution >= 4 is 8.03 Å². The van der Waals surface area contributed by atoms with Crippen LogP contribution in [0.4, 0.5) is 0 Å². The van der Waals surface area contributed by atoms with Gasteiger partial charge in [-0.25, -0.2) is 0 Å². The van der Waals surface area contributed by atoms with E-state index in [4.69, 9.17) is 4.89 Å². The van der Waals surface area contributed by atoms with Crippen LogP contribution in [0.2, 0.25) is 0 Å². The Labute approximate surface area is 152 Å². The highest BCUT2D eigenvalue weighted by Gasteiger charge is 2.39. The van der Waals surface area contributed by atoms with Crippen molar-refractivity contribution in [3.8, 4) is 0 Å². The van der Waals surface area contributed by atoms with E-state index in [0.29, 0.717) is 25.4 Å². The van der Waals surface area contributed by atoms with Crippen molar-refractivity contribution in [2.24, 2.45) is 11.8 Å². The first kappa shape index (κ1) is 22.5. The number of hydrogen-bond donors (Lipinski definition) is 4. The number of hydrogen-bond acceptors (Lipinski definition) is 4. The van der Waals surface area contributed by atoms with Crippen LogP contribution in [0.3, 0.4) is 0 Å². The number of rotatable bonds is 12. The molecule has 1 fully saturated rings. The second-order valence-corrected chi connectivity index (χ2v) is 8.14. The van der Waals surface area contributed by atoms with E-state index in [1.54, 1.807) is 6.08 Å². The third kappa shape index (κ3) is 9.07. The van der Waals surface area contributed by atoms with Crippen LogP contribution in [0, 0.1) is 11.8 Å². The molecule has 1 aliphatic carbocycles. The highest BCUT2D eigenvalue weighted by molar-refractivity contribution is 7.37. The summed E-state index contributed by atoms with van der Waals surface area (Å²) in [5.41, 5.74) is 0. The van der Waals surface area contributed by atoms with Crippen LogP contribution in [0.15, 0.2) is 24.3 Å². The van der Waals surface area contributed by atoms with E-state index < -0.39 is 26.3 Å². The van der Waals surface area contributed by atoms with Gasteiger partial charge >= 0.3 is 8.03 Å². The van der Waals surface area contributed by atoms with Gasteiger partial charge in [-0.05, 0) is 36.2 Å². The average molecular weight is 373 g/mol. The summed E-state index contributed by atoms with van der Waals surface area (Å²) >= 11 is 0. The van der Waals surface area contributed by atoms with E-state index in [-0.39, 0.29) is 11.8 Å². The highest BCUT2D eigenvalue weighted by atomic mass is 31.1. The van der Waals surface area contributed by atoms with Gasteiger partial charge in [-0.2, -0.15) is 4.89 Å². The van der Waals surface area contributed by atoms with Gasteiger partial charge < -0.3 is 15.3 Å². The summed E-state index contributed by atoms with van der Waals surface area (Å²) in [7, 11) is -2.06. The Morgan fingerprint density at radius 2 is 1.92 bits per heavy atom. The summed E-state index contributed by atoms with van der Waals surface area (Å²) in [6.45, 7) is 2.13. The molecule has 0 radical (unpaired) electrons. The molecule has 0 amide bonds. The molecule has 0 heterocycles. The largest absolute Gasteiger partial charge is 0.505 e. The van der Waals surface area contributed by atoms with Crippen molar-refractivity contribution in [1.29, 1.82) is 0 Å². The molecule has 2 unspecified atom stereocenters. The SMILES string of the molecule is CCCCCC(O)C=C[C@@H]1[C@@H](CC=CCCC[P+](=O)O)[C@@H](O)C[C@H]1O. The maximum absolute atomic E-state index is 10.6. The van der Waals surface area contributed by atoms with Crippen LogP contribution in [0.25, 0.3) is 0 Å². The van der Waals surface area contributed by atoms with Gasteiger partial charge in [-0.1, -0.05) is 50.5 Å². The fourth-order valence-electron chi connectivity index (χ4n) is 3.38. The summed E-state index contributed by atoms with van der Waals surface area (Å²) in [5.74, 6) is -0.202. The van der Waals surface area contributed by atoms with Crippen molar-refractivity contribution in [2.75, 3.05) is 6.16 Å². The maximum atomic E-state index is 10.6. The molecule has 4 N–H and O–H groups in total. The van der Waals surface area contributed by atoms with Crippen LogP contribution in [-0.4, -0.2) is 44.7 Å². The van der Waals surface area contributed by atoms with Crippen molar-refractivity contribution in [3.05, 3.63) is 24.3 Å². The summed E-state index contributed by atoms with van der Waals surface area (Å²) in [6, 6.07) is 0. The summed E-state index contributed by atoms with van der Waals surface area (Å²) < 4.78 is 10.6. The van der Waals surface area contributed by atoms with E-state index >= 15 is 0 Å². The molecule has 0 aromatic carbocycles. The smallest absolute Gasteiger partial charge is 0.393 e. The van der Waals surface area contributed by atoms with Crippen LogP contribution in [0.1, 0.15) is 58.3 Å². The fraction of sp³-hybridized carbons (Fsp3) is 0.789. The molecule has 0 aromatic rings. The third-order valence-electron chi connectivity index (χ3n) is 4.87. The molecule has 25 heavy (non-hydrogen) atoms. The van der Waals surface area contributed by atoms with Gasteiger partial charge in [0.05, 0.1) is 18.3 Å². The molecular formula is C19H34O5P+. The zero-order valence-corrected chi connectivity index (χ0v) is 16.1. The number of aliphatic hydroxyl groups is 3. The number of aliphatic hydroxyl groups excluding tert-OH is 3. The molecule has 0 aromatic heterocycles. The molecule has 144 valence electrons. The fourth-order valence-corrected chi connectivity index (χ4v) is 3.83. The minimum atomic E-state index is -2.06. The lowest BCUT2D eigenvalue weighted by Gasteiger charge is -2.19. The lowest BCUT2D eigenvalue weighted by atomic mass is 9.89. The van der Waals surface area contributed by atoms with Gasteiger partial charge in [0, 0.05) is 12.3 Å². The van der Waals surface area contributed by atoms with Crippen molar-refractivity contribution in [3.63, 3.8) is 0 Å². The molecule has 1 rings (SSSR count). The zero-order valence-electron chi connectivity index (χ0n) is 15.2. The molecule has 1 saturated carbocycles. The van der Waals surface area contributed by atoms with E-state index in [2.05, 4.69) is 6.92 Å². The first-order valence-electron chi connectivity index (χ1n) is 9.46. The normalized spacial score (nSPS) is 28.9. The van der Waals surface area contributed by atoms with E-state index in [9.17, 15) is 19.9 Å². The van der Waals surface area contributed by atoms with Crippen molar-refractivity contribution < 1.29 is 24.8 Å². The highest BCUT2D eigenvalue weighted by Crippen LogP contribution is 2.36. The van der Waals surface area contributed by atoms with Crippen LogP contribution in [-0.2, 0) is 4.57 Å². The molecule has 0 bridgehead atoms. The Morgan fingerprint density at radius 1 is 1.16 bits per heavy atom. The molecule has 0 saturated heterocycles. The molecule has 6 heteroatoms. The number of unbranched alkanes of at least 4 members (excludes halogenated alkanes) is 3. The molecule has 5 nitrogen and oxygen atoms in total. The predicted octanol–water partition coefficient (Wildman–Crippen LogP) is 3.30. The van der Waals surface area contributed by atoms with E-state index in [1.165, 1.54) is 0 Å². The summed E-state index contributed by atoms with van der Waals surface area (Å²) in [4.78, 5) is 8.75. The van der Waals surface area contributed by atoms with Gasteiger partial charge in [0.1, 0.15) is 0 Å². The minimum absolute atomic E-state index is 0.0557. The van der Waals surface area contributed by atoms with E-state index in [0.717, 1.165) is 32.1 Å². The Kier molecular flexibility index (Phi) is 11.4. The molecule has 0 spiro atoms. The zero-order chi connectivity index (χ0) is 18.7. The first-order valence-corrected chi connectivity index (χ1v) is 10.9. The molecule has 0 aliphatic heterocycles. The lowest BCUT2D eigenvalue weighted by molar-refractivity contribution is 0.120. The number of allylic oxidation sites excluding steroid dienone is 2.